The molecule has 10 heteroatoms. The summed E-state index contributed by atoms with van der Waals surface area (Å²) < 4.78 is 37.6. The van der Waals surface area contributed by atoms with Gasteiger partial charge in [0.05, 0.1) is 42.7 Å². The monoisotopic (exact) mass is 746 g/mol. The molecule has 0 saturated carbocycles. The van der Waals surface area contributed by atoms with Crippen LogP contribution in [0.1, 0.15) is 61.0 Å². The van der Waals surface area contributed by atoms with Crippen LogP contribution in [-0.2, 0) is 13.1 Å². The molecule has 0 fully saturated rings. The normalized spacial score (nSPS) is 11.3. The summed E-state index contributed by atoms with van der Waals surface area (Å²) in [5, 5.41) is 0. The standard InChI is InChI=1S/C42H54N2O6S2/c1-45-37-29-33(30-38(46-2)41(37)49-5)19-21-35-17-9-13-25-43(35)23-11-7-15-27-51-52-28-16-8-12-24-44-26-14-10-18-36(44)22-20-34-31-39(47-3)42(50-6)40(32-34)48-4/h9-10,13-14,17-22,25-26,29-32H,7-8,11-12,15-16,23-24,27-28H2,1-6H3/q+2/b21-19+,22-20+. The lowest BCUT2D eigenvalue weighted by Crippen LogP contribution is -2.36. The van der Waals surface area contributed by atoms with Crippen molar-refractivity contribution >= 4 is 45.9 Å². The summed E-state index contributed by atoms with van der Waals surface area (Å²) in [6.45, 7) is 1.99. The van der Waals surface area contributed by atoms with Gasteiger partial charge in [-0.15, -0.1) is 0 Å². The van der Waals surface area contributed by atoms with E-state index < -0.39 is 0 Å². The first kappa shape index (κ1) is 40.5. The SMILES string of the molecule is COc1cc(/C=C/c2cccc[n+]2CCCCCSSCCCCC[n+]2ccccc2/C=C/c2cc(OC)c(OC)c(OC)c2)cc(OC)c1OC. The Bertz CT molecular complexity index is 1570. The Hall–Kier alpha value is -4.28. The molecule has 8 nitrogen and oxygen atoms in total. The van der Waals surface area contributed by atoms with Crippen molar-refractivity contribution in [1.29, 1.82) is 0 Å². The zero-order valence-corrected chi connectivity index (χ0v) is 33.1. The number of nitrogens with zero attached hydrogens (tertiary/aromatic N) is 2. The molecule has 0 spiro atoms. The number of benzene rings is 2. The van der Waals surface area contributed by atoms with Crippen LogP contribution in [0.25, 0.3) is 24.3 Å². The van der Waals surface area contributed by atoms with Crippen LogP contribution in [0.4, 0.5) is 0 Å². The first-order valence-corrected chi connectivity index (χ1v) is 20.2. The molecule has 52 heavy (non-hydrogen) atoms. The molecule has 2 aromatic heterocycles. The van der Waals surface area contributed by atoms with E-state index in [1.807, 2.05) is 45.9 Å². The van der Waals surface area contributed by atoms with E-state index in [9.17, 15) is 0 Å². The predicted molar refractivity (Wildman–Crippen MR) is 216 cm³/mol. The van der Waals surface area contributed by atoms with Gasteiger partial charge >= 0.3 is 0 Å². The fourth-order valence-electron chi connectivity index (χ4n) is 5.80. The number of unbranched alkanes of at least 4 members (excludes halogenated alkanes) is 4. The maximum absolute atomic E-state index is 5.51. The molecule has 0 saturated heterocycles. The van der Waals surface area contributed by atoms with E-state index in [0.717, 1.165) is 48.4 Å². The van der Waals surface area contributed by atoms with E-state index in [1.54, 1.807) is 42.7 Å². The molecule has 4 aromatic rings. The molecule has 0 aliphatic carbocycles. The summed E-state index contributed by atoms with van der Waals surface area (Å²) in [4.78, 5) is 0. The fourth-order valence-corrected chi connectivity index (χ4v) is 8.10. The van der Waals surface area contributed by atoms with Gasteiger partial charge in [0.1, 0.15) is 13.1 Å². The molecule has 0 atom stereocenters. The molecule has 0 radical (unpaired) electrons. The maximum atomic E-state index is 5.51. The molecule has 0 aliphatic heterocycles. The minimum absolute atomic E-state index is 0.598. The van der Waals surface area contributed by atoms with Crippen LogP contribution in [0.3, 0.4) is 0 Å². The molecule has 2 aromatic carbocycles. The highest BCUT2D eigenvalue weighted by Crippen LogP contribution is 2.39. The van der Waals surface area contributed by atoms with Crippen molar-refractivity contribution in [2.75, 3.05) is 54.2 Å². The van der Waals surface area contributed by atoms with Gasteiger partial charge in [0, 0.05) is 60.8 Å². The highest BCUT2D eigenvalue weighted by molar-refractivity contribution is 8.76. The molecule has 2 heterocycles. The summed E-state index contributed by atoms with van der Waals surface area (Å²) in [6, 6.07) is 20.5. The van der Waals surface area contributed by atoms with Gasteiger partial charge in [0.15, 0.2) is 35.4 Å². The van der Waals surface area contributed by atoms with Crippen molar-refractivity contribution in [1.82, 2.24) is 0 Å². The van der Waals surface area contributed by atoms with Gasteiger partial charge in [-0.1, -0.05) is 21.6 Å². The van der Waals surface area contributed by atoms with Crippen molar-refractivity contribution < 1.29 is 37.6 Å². The van der Waals surface area contributed by atoms with Crippen LogP contribution >= 0.6 is 21.6 Å². The summed E-state index contributed by atoms with van der Waals surface area (Å²) in [5.74, 6) is 6.18. The average Bonchev–Trinajstić information content (AvgIpc) is 3.19. The second kappa shape index (κ2) is 22.6. The van der Waals surface area contributed by atoms with Crippen LogP contribution < -0.4 is 37.6 Å². The van der Waals surface area contributed by atoms with Crippen LogP contribution in [0.2, 0.25) is 0 Å². The molecule has 0 bridgehead atoms. The third kappa shape index (κ3) is 12.2. The topological polar surface area (TPSA) is 63.1 Å². The highest BCUT2D eigenvalue weighted by Gasteiger charge is 2.14. The molecule has 4 rings (SSSR count). The number of ether oxygens (including phenoxy) is 6. The minimum atomic E-state index is 0.598. The Kier molecular flexibility index (Phi) is 17.6. The molecule has 0 unspecified atom stereocenters. The maximum Gasteiger partial charge on any atom is 0.205 e. The van der Waals surface area contributed by atoms with Gasteiger partial charge in [-0.25, -0.2) is 0 Å². The Morgan fingerprint density at radius 2 is 0.846 bits per heavy atom. The second-order valence-corrected chi connectivity index (χ2v) is 14.7. The number of rotatable bonds is 23. The van der Waals surface area contributed by atoms with Gasteiger partial charge in [-0.3, -0.25) is 0 Å². The van der Waals surface area contributed by atoms with Gasteiger partial charge < -0.3 is 28.4 Å². The van der Waals surface area contributed by atoms with E-state index in [1.165, 1.54) is 37.2 Å². The number of aromatic nitrogens is 2. The number of hydrogen-bond donors (Lipinski definition) is 0. The molecular formula is C42H54N2O6S2+2. The van der Waals surface area contributed by atoms with Crippen molar-refractivity contribution in [3.8, 4) is 34.5 Å². The number of hydrogen-bond acceptors (Lipinski definition) is 8. The molecule has 278 valence electrons. The molecule has 0 amide bonds. The second-order valence-electron chi connectivity index (χ2n) is 12.0. The summed E-state index contributed by atoms with van der Waals surface area (Å²) in [7, 11) is 13.8. The quantitative estimate of drug-likeness (QED) is 0.0424. The lowest BCUT2D eigenvalue weighted by Gasteiger charge is -2.12. The van der Waals surface area contributed by atoms with E-state index in [-0.39, 0.29) is 0 Å². The van der Waals surface area contributed by atoms with E-state index >= 15 is 0 Å². The molecule has 0 aliphatic rings. The first-order valence-electron chi connectivity index (χ1n) is 17.7. The van der Waals surface area contributed by atoms with E-state index in [0.29, 0.717) is 34.5 Å². The van der Waals surface area contributed by atoms with E-state index in [4.69, 9.17) is 28.4 Å². The Balaban J connectivity index is 1.12. The minimum Gasteiger partial charge on any atom is -0.493 e. The van der Waals surface area contributed by atoms with E-state index in [2.05, 4.69) is 82.2 Å². The Labute approximate surface area is 318 Å². The predicted octanol–water partition coefficient (Wildman–Crippen LogP) is 9.08. The lowest BCUT2D eigenvalue weighted by molar-refractivity contribution is -0.699. The summed E-state index contributed by atoms with van der Waals surface area (Å²) >= 11 is 0. The number of pyridine rings is 2. The first-order chi connectivity index (χ1) is 25.5. The van der Waals surface area contributed by atoms with Crippen LogP contribution in [0, 0.1) is 0 Å². The van der Waals surface area contributed by atoms with Crippen molar-refractivity contribution in [3.05, 3.63) is 95.6 Å². The largest absolute Gasteiger partial charge is 0.493 e. The Morgan fingerprint density at radius 1 is 0.462 bits per heavy atom. The Morgan fingerprint density at radius 3 is 1.19 bits per heavy atom. The van der Waals surface area contributed by atoms with Crippen LogP contribution in [-0.4, -0.2) is 54.2 Å². The fraction of sp³-hybridized carbons (Fsp3) is 0.381. The number of methoxy groups -OCH3 is 6. The summed E-state index contributed by atoms with van der Waals surface area (Å²) in [6.07, 6.45) is 20.0. The van der Waals surface area contributed by atoms with Crippen LogP contribution in [0.15, 0.2) is 73.1 Å². The van der Waals surface area contributed by atoms with Gasteiger partial charge in [0.25, 0.3) is 0 Å². The van der Waals surface area contributed by atoms with Crippen LogP contribution in [0.5, 0.6) is 34.5 Å². The van der Waals surface area contributed by atoms with Crippen molar-refractivity contribution in [3.63, 3.8) is 0 Å². The average molecular weight is 747 g/mol. The van der Waals surface area contributed by atoms with Gasteiger partial charge in [-0.2, -0.15) is 9.13 Å². The molecule has 0 N–H and O–H groups in total. The zero-order valence-electron chi connectivity index (χ0n) is 31.5. The highest BCUT2D eigenvalue weighted by atomic mass is 33.1. The van der Waals surface area contributed by atoms with Crippen molar-refractivity contribution in [2.24, 2.45) is 0 Å². The van der Waals surface area contributed by atoms with Crippen molar-refractivity contribution in [2.45, 2.75) is 51.6 Å². The van der Waals surface area contributed by atoms with Gasteiger partial charge in [-0.05, 0) is 85.4 Å². The van der Waals surface area contributed by atoms with Gasteiger partial charge in [0.2, 0.25) is 22.9 Å². The lowest BCUT2D eigenvalue weighted by atomic mass is 10.1. The zero-order chi connectivity index (χ0) is 37.0. The summed E-state index contributed by atoms with van der Waals surface area (Å²) in [5.41, 5.74) is 4.30. The third-order valence-electron chi connectivity index (χ3n) is 8.56. The third-order valence-corrected chi connectivity index (χ3v) is 11.1. The number of aryl methyl sites for hydroxylation is 2. The molecular weight excluding hydrogens is 693 g/mol. The smallest absolute Gasteiger partial charge is 0.205 e.